The van der Waals surface area contributed by atoms with Crippen LogP contribution in [0.5, 0.6) is 23.0 Å². The molecule has 0 amide bonds. The van der Waals surface area contributed by atoms with Crippen LogP contribution in [0.3, 0.4) is 0 Å². The van der Waals surface area contributed by atoms with Crippen LogP contribution in [0.4, 0.5) is 0 Å². The molecule has 1 aliphatic heterocycles. The van der Waals surface area contributed by atoms with Crippen LogP contribution < -0.4 is 18.9 Å². The fraction of sp³-hybridized carbons (Fsp3) is 0.200. The molecule has 7 heteroatoms. The quantitative estimate of drug-likeness (QED) is 0.575. The molecule has 0 N–H and O–H groups in total. The van der Waals surface area contributed by atoms with E-state index in [1.165, 1.54) is 21.3 Å². The summed E-state index contributed by atoms with van der Waals surface area (Å²) in [6, 6.07) is 10.7. The van der Waals surface area contributed by atoms with Crippen molar-refractivity contribution in [2.24, 2.45) is 4.99 Å². The Balaban J connectivity index is 2.03. The summed E-state index contributed by atoms with van der Waals surface area (Å²) in [6.45, 7) is 0. The van der Waals surface area contributed by atoms with E-state index in [9.17, 15) is 4.79 Å². The first-order valence-electron chi connectivity index (χ1n) is 8.07. The van der Waals surface area contributed by atoms with Crippen molar-refractivity contribution in [3.8, 4) is 23.0 Å². The van der Waals surface area contributed by atoms with Crippen LogP contribution in [0.15, 0.2) is 47.1 Å². The topological polar surface area (TPSA) is 75.6 Å². The van der Waals surface area contributed by atoms with E-state index in [1.54, 1.807) is 31.4 Å². The molecular weight excluding hydrogens is 350 g/mol. The number of rotatable bonds is 6. The predicted molar refractivity (Wildman–Crippen MR) is 99.7 cm³/mol. The molecule has 0 bridgehead atoms. The molecule has 0 radical (unpaired) electrons. The van der Waals surface area contributed by atoms with Gasteiger partial charge >= 0.3 is 5.97 Å². The summed E-state index contributed by atoms with van der Waals surface area (Å²) >= 11 is 0. The molecule has 0 atom stereocenters. The van der Waals surface area contributed by atoms with Gasteiger partial charge in [-0.25, -0.2) is 9.79 Å². The van der Waals surface area contributed by atoms with Gasteiger partial charge < -0.3 is 23.7 Å². The minimum Gasteiger partial charge on any atom is -0.496 e. The molecule has 1 aliphatic rings. The van der Waals surface area contributed by atoms with E-state index in [2.05, 4.69) is 4.99 Å². The Kier molecular flexibility index (Phi) is 5.30. The number of ether oxygens (including phenoxy) is 5. The summed E-state index contributed by atoms with van der Waals surface area (Å²) in [5, 5.41) is 0. The monoisotopic (exact) mass is 369 g/mol. The van der Waals surface area contributed by atoms with Gasteiger partial charge in [0, 0.05) is 11.1 Å². The summed E-state index contributed by atoms with van der Waals surface area (Å²) in [5.41, 5.74) is 1.42. The van der Waals surface area contributed by atoms with Crippen LogP contribution >= 0.6 is 0 Å². The highest BCUT2D eigenvalue weighted by molar-refractivity contribution is 6.13. The van der Waals surface area contributed by atoms with E-state index in [0.29, 0.717) is 28.6 Å². The molecule has 0 fully saturated rings. The fourth-order valence-corrected chi connectivity index (χ4v) is 2.67. The summed E-state index contributed by atoms with van der Waals surface area (Å²) in [6.07, 6.45) is 1.62. The number of carbonyl (C=O) groups excluding carboxylic acids is 1. The van der Waals surface area contributed by atoms with Crippen LogP contribution in [-0.2, 0) is 9.53 Å². The Labute approximate surface area is 156 Å². The first kappa shape index (κ1) is 18.3. The number of carbonyl (C=O) groups is 1. The Morgan fingerprint density at radius 1 is 0.889 bits per heavy atom. The number of para-hydroxylation sites is 1. The largest absolute Gasteiger partial charge is 0.496 e. The highest BCUT2D eigenvalue weighted by Crippen LogP contribution is 2.39. The molecule has 0 saturated heterocycles. The SMILES string of the molecule is COc1ccccc1/C=C1\N=C(c2cc(OC)c(OC)c(OC)c2)OC1=O. The maximum Gasteiger partial charge on any atom is 0.363 e. The minimum absolute atomic E-state index is 0.153. The number of esters is 1. The second kappa shape index (κ2) is 7.82. The van der Waals surface area contributed by atoms with Gasteiger partial charge in [0.05, 0.1) is 28.4 Å². The van der Waals surface area contributed by atoms with Crippen molar-refractivity contribution < 1.29 is 28.5 Å². The number of cyclic esters (lactones) is 1. The van der Waals surface area contributed by atoms with Crippen LogP contribution in [0.25, 0.3) is 6.08 Å². The van der Waals surface area contributed by atoms with E-state index in [0.717, 1.165) is 5.56 Å². The lowest BCUT2D eigenvalue weighted by Gasteiger charge is -2.13. The van der Waals surface area contributed by atoms with Crippen molar-refractivity contribution in [3.63, 3.8) is 0 Å². The highest BCUT2D eigenvalue weighted by Gasteiger charge is 2.26. The van der Waals surface area contributed by atoms with Crippen LogP contribution in [0, 0.1) is 0 Å². The normalized spacial score (nSPS) is 14.6. The average molecular weight is 369 g/mol. The summed E-state index contributed by atoms with van der Waals surface area (Å²) in [4.78, 5) is 16.6. The van der Waals surface area contributed by atoms with E-state index in [-0.39, 0.29) is 11.6 Å². The molecule has 7 nitrogen and oxygen atoms in total. The maximum absolute atomic E-state index is 12.3. The molecule has 140 valence electrons. The molecule has 0 spiro atoms. The Hall–Kier alpha value is -3.48. The van der Waals surface area contributed by atoms with Crippen molar-refractivity contribution in [3.05, 3.63) is 53.2 Å². The zero-order chi connectivity index (χ0) is 19.4. The van der Waals surface area contributed by atoms with Gasteiger partial charge in [0.2, 0.25) is 11.6 Å². The standard InChI is InChI=1S/C20H19NO6/c1-23-15-8-6-5-7-12(15)9-14-20(22)27-19(21-14)13-10-16(24-2)18(26-4)17(11-13)25-3/h5-11H,1-4H3/b14-9-. The van der Waals surface area contributed by atoms with Gasteiger partial charge in [-0.05, 0) is 24.3 Å². The number of methoxy groups -OCH3 is 4. The number of hydrogen-bond acceptors (Lipinski definition) is 7. The first-order valence-corrected chi connectivity index (χ1v) is 8.07. The lowest BCUT2D eigenvalue weighted by Crippen LogP contribution is -2.07. The molecule has 27 heavy (non-hydrogen) atoms. The van der Waals surface area contributed by atoms with Crippen molar-refractivity contribution >= 4 is 17.9 Å². The number of aliphatic imine (C=N–C) groups is 1. The van der Waals surface area contributed by atoms with Crippen molar-refractivity contribution in [2.75, 3.05) is 28.4 Å². The van der Waals surface area contributed by atoms with Crippen LogP contribution in [0.1, 0.15) is 11.1 Å². The molecule has 0 aliphatic carbocycles. The first-order chi connectivity index (χ1) is 13.1. The number of benzene rings is 2. The molecule has 2 aromatic carbocycles. The van der Waals surface area contributed by atoms with Gasteiger partial charge in [-0.1, -0.05) is 18.2 Å². The van der Waals surface area contributed by atoms with E-state index in [1.807, 2.05) is 18.2 Å². The average Bonchev–Trinajstić information content (AvgIpc) is 3.07. The van der Waals surface area contributed by atoms with Crippen molar-refractivity contribution in [1.82, 2.24) is 0 Å². The van der Waals surface area contributed by atoms with Crippen LogP contribution in [-0.4, -0.2) is 40.3 Å². The Morgan fingerprint density at radius 3 is 2.11 bits per heavy atom. The predicted octanol–water partition coefficient (Wildman–Crippen LogP) is 3.07. The lowest BCUT2D eigenvalue weighted by molar-refractivity contribution is -0.129. The van der Waals surface area contributed by atoms with Crippen LogP contribution in [0.2, 0.25) is 0 Å². The zero-order valence-electron chi connectivity index (χ0n) is 15.4. The van der Waals surface area contributed by atoms with Gasteiger partial charge in [-0.2, -0.15) is 0 Å². The zero-order valence-corrected chi connectivity index (χ0v) is 15.4. The van der Waals surface area contributed by atoms with Gasteiger partial charge in [0.25, 0.3) is 0 Å². The van der Waals surface area contributed by atoms with Gasteiger partial charge in [0.15, 0.2) is 17.2 Å². The molecule has 0 aromatic heterocycles. The van der Waals surface area contributed by atoms with Crippen molar-refractivity contribution in [1.29, 1.82) is 0 Å². The number of hydrogen-bond donors (Lipinski definition) is 0. The van der Waals surface area contributed by atoms with E-state index >= 15 is 0 Å². The molecule has 0 unspecified atom stereocenters. The third kappa shape index (κ3) is 3.57. The van der Waals surface area contributed by atoms with Gasteiger partial charge in [0.1, 0.15) is 5.75 Å². The third-order valence-corrected chi connectivity index (χ3v) is 3.96. The fourth-order valence-electron chi connectivity index (χ4n) is 2.67. The molecule has 1 heterocycles. The van der Waals surface area contributed by atoms with E-state index in [4.69, 9.17) is 23.7 Å². The summed E-state index contributed by atoms with van der Waals surface area (Å²) in [5.74, 6) is 1.55. The Bertz CT molecular complexity index is 907. The van der Waals surface area contributed by atoms with Gasteiger partial charge in [-0.3, -0.25) is 0 Å². The second-order valence-electron chi connectivity index (χ2n) is 5.49. The maximum atomic E-state index is 12.3. The second-order valence-corrected chi connectivity index (χ2v) is 5.49. The molecular formula is C20H19NO6. The highest BCUT2D eigenvalue weighted by atomic mass is 16.6. The van der Waals surface area contributed by atoms with Gasteiger partial charge in [-0.15, -0.1) is 0 Å². The minimum atomic E-state index is -0.551. The summed E-state index contributed by atoms with van der Waals surface area (Å²) in [7, 11) is 6.10. The smallest absolute Gasteiger partial charge is 0.363 e. The van der Waals surface area contributed by atoms with E-state index < -0.39 is 5.97 Å². The Morgan fingerprint density at radius 2 is 1.52 bits per heavy atom. The van der Waals surface area contributed by atoms with Crippen molar-refractivity contribution in [2.45, 2.75) is 0 Å². The lowest BCUT2D eigenvalue weighted by atomic mass is 10.1. The third-order valence-electron chi connectivity index (χ3n) is 3.96. The molecule has 2 aromatic rings. The molecule has 0 saturated carbocycles. The summed E-state index contributed by atoms with van der Waals surface area (Å²) < 4.78 is 26.6. The number of nitrogens with zero attached hydrogens (tertiary/aromatic N) is 1. The molecule has 3 rings (SSSR count).